The standard InChI is InChI=1S/C9H17N/c1-2-7-10-9-6-3-5-8(9)4-1/h8-10H,1-7H2/t8-,9-/m0/s1. The van der Waals surface area contributed by atoms with E-state index in [1.165, 1.54) is 45.1 Å². The molecule has 1 aliphatic heterocycles. The summed E-state index contributed by atoms with van der Waals surface area (Å²) >= 11 is 0. The fourth-order valence-electron chi connectivity index (χ4n) is 2.47. The van der Waals surface area contributed by atoms with Crippen LogP contribution >= 0.6 is 0 Å². The van der Waals surface area contributed by atoms with E-state index in [9.17, 15) is 0 Å². The van der Waals surface area contributed by atoms with Crippen LogP contribution in [0.25, 0.3) is 0 Å². The zero-order valence-electron chi connectivity index (χ0n) is 6.60. The number of nitrogens with one attached hydrogen (secondary N) is 1. The summed E-state index contributed by atoms with van der Waals surface area (Å²) in [4.78, 5) is 0. The van der Waals surface area contributed by atoms with Crippen molar-refractivity contribution in [3.8, 4) is 0 Å². The van der Waals surface area contributed by atoms with E-state index in [4.69, 9.17) is 0 Å². The average molecular weight is 139 g/mol. The first-order chi connectivity index (χ1) is 4.97. The molecule has 0 bridgehead atoms. The Labute approximate surface area is 63.2 Å². The Balaban J connectivity index is 1.95. The van der Waals surface area contributed by atoms with E-state index in [1.54, 1.807) is 0 Å². The minimum Gasteiger partial charge on any atom is -0.314 e. The van der Waals surface area contributed by atoms with Crippen LogP contribution in [0.15, 0.2) is 0 Å². The Hall–Kier alpha value is -0.0400. The molecule has 10 heavy (non-hydrogen) atoms. The van der Waals surface area contributed by atoms with Crippen LogP contribution < -0.4 is 5.32 Å². The van der Waals surface area contributed by atoms with Gasteiger partial charge in [-0.15, -0.1) is 0 Å². The minimum atomic E-state index is 0.905. The van der Waals surface area contributed by atoms with Crippen LogP contribution in [0.1, 0.15) is 38.5 Å². The van der Waals surface area contributed by atoms with Gasteiger partial charge in [-0.05, 0) is 38.1 Å². The summed E-state index contributed by atoms with van der Waals surface area (Å²) in [6.07, 6.45) is 8.80. The van der Waals surface area contributed by atoms with Gasteiger partial charge in [0.05, 0.1) is 0 Å². The molecule has 0 unspecified atom stereocenters. The van der Waals surface area contributed by atoms with Gasteiger partial charge in [0.2, 0.25) is 0 Å². The Morgan fingerprint density at radius 2 is 1.80 bits per heavy atom. The number of hydrogen-bond donors (Lipinski definition) is 1. The molecule has 1 saturated carbocycles. The van der Waals surface area contributed by atoms with Gasteiger partial charge in [-0.2, -0.15) is 0 Å². The van der Waals surface area contributed by atoms with Gasteiger partial charge in [-0.25, -0.2) is 0 Å². The van der Waals surface area contributed by atoms with Crippen LogP contribution in [-0.2, 0) is 0 Å². The van der Waals surface area contributed by atoms with Gasteiger partial charge in [-0.1, -0.05) is 12.8 Å². The van der Waals surface area contributed by atoms with E-state index < -0.39 is 0 Å². The zero-order chi connectivity index (χ0) is 6.81. The highest BCUT2D eigenvalue weighted by molar-refractivity contribution is 4.84. The van der Waals surface area contributed by atoms with E-state index >= 15 is 0 Å². The lowest BCUT2D eigenvalue weighted by Crippen LogP contribution is -2.30. The third-order valence-electron chi connectivity index (χ3n) is 3.07. The zero-order valence-corrected chi connectivity index (χ0v) is 6.60. The quantitative estimate of drug-likeness (QED) is 0.540. The normalized spacial score (nSPS) is 40.8. The van der Waals surface area contributed by atoms with Crippen LogP contribution in [-0.4, -0.2) is 12.6 Å². The van der Waals surface area contributed by atoms with Gasteiger partial charge in [-0.3, -0.25) is 0 Å². The molecular formula is C9H17N. The SMILES string of the molecule is C1CC[C@H]2CCC[C@@H]2NC1. The molecule has 0 amide bonds. The minimum absolute atomic E-state index is 0.905. The first-order valence-corrected chi connectivity index (χ1v) is 4.70. The Morgan fingerprint density at radius 3 is 2.80 bits per heavy atom. The molecule has 58 valence electrons. The van der Waals surface area contributed by atoms with Crippen molar-refractivity contribution in [3.63, 3.8) is 0 Å². The molecule has 1 nitrogen and oxygen atoms in total. The molecule has 2 atom stereocenters. The predicted molar refractivity (Wildman–Crippen MR) is 43.0 cm³/mol. The van der Waals surface area contributed by atoms with Crippen LogP contribution in [0.3, 0.4) is 0 Å². The molecule has 1 heteroatoms. The average Bonchev–Trinajstić information content (AvgIpc) is 2.28. The molecule has 1 N–H and O–H groups in total. The first-order valence-electron chi connectivity index (χ1n) is 4.70. The molecule has 0 aromatic carbocycles. The van der Waals surface area contributed by atoms with Crippen molar-refractivity contribution >= 4 is 0 Å². The molecule has 2 aliphatic rings. The highest BCUT2D eigenvalue weighted by Crippen LogP contribution is 2.31. The summed E-state index contributed by atoms with van der Waals surface area (Å²) in [7, 11) is 0. The van der Waals surface area contributed by atoms with Crippen molar-refractivity contribution in [2.24, 2.45) is 5.92 Å². The monoisotopic (exact) mass is 139 g/mol. The number of fused-ring (bicyclic) bond motifs is 1. The Bertz CT molecular complexity index is 99.3. The van der Waals surface area contributed by atoms with E-state index in [0.717, 1.165) is 12.0 Å². The molecule has 0 aromatic heterocycles. The maximum atomic E-state index is 3.64. The molecule has 0 spiro atoms. The van der Waals surface area contributed by atoms with Crippen LogP contribution in [0, 0.1) is 5.92 Å². The van der Waals surface area contributed by atoms with Gasteiger partial charge in [0.15, 0.2) is 0 Å². The molecule has 1 aliphatic carbocycles. The van der Waals surface area contributed by atoms with Crippen molar-refractivity contribution in [3.05, 3.63) is 0 Å². The maximum absolute atomic E-state index is 3.64. The number of rotatable bonds is 0. The third-order valence-corrected chi connectivity index (χ3v) is 3.07. The summed E-state index contributed by atoms with van der Waals surface area (Å²) in [6.45, 7) is 1.28. The van der Waals surface area contributed by atoms with Crippen molar-refractivity contribution < 1.29 is 0 Å². The van der Waals surface area contributed by atoms with Gasteiger partial charge in [0.1, 0.15) is 0 Å². The second kappa shape index (κ2) is 2.91. The lowest BCUT2D eigenvalue weighted by atomic mass is 9.99. The molecular weight excluding hydrogens is 122 g/mol. The van der Waals surface area contributed by atoms with Crippen LogP contribution in [0.2, 0.25) is 0 Å². The van der Waals surface area contributed by atoms with Crippen molar-refractivity contribution in [1.29, 1.82) is 0 Å². The van der Waals surface area contributed by atoms with Crippen molar-refractivity contribution in [1.82, 2.24) is 5.32 Å². The topological polar surface area (TPSA) is 12.0 Å². The fourth-order valence-corrected chi connectivity index (χ4v) is 2.47. The van der Waals surface area contributed by atoms with Crippen molar-refractivity contribution in [2.45, 2.75) is 44.6 Å². The van der Waals surface area contributed by atoms with E-state index in [1.807, 2.05) is 0 Å². The van der Waals surface area contributed by atoms with Gasteiger partial charge in [0, 0.05) is 6.04 Å². The summed E-state index contributed by atoms with van der Waals surface area (Å²) in [6, 6.07) is 0.905. The largest absolute Gasteiger partial charge is 0.314 e. The Morgan fingerprint density at radius 1 is 0.900 bits per heavy atom. The number of hydrogen-bond acceptors (Lipinski definition) is 1. The second-order valence-electron chi connectivity index (χ2n) is 3.75. The lowest BCUT2D eigenvalue weighted by Gasteiger charge is -2.15. The summed E-state index contributed by atoms with van der Waals surface area (Å²) < 4.78 is 0. The maximum Gasteiger partial charge on any atom is 0.00953 e. The highest BCUT2D eigenvalue weighted by atomic mass is 14.9. The summed E-state index contributed by atoms with van der Waals surface area (Å²) in [5.41, 5.74) is 0. The molecule has 0 radical (unpaired) electrons. The molecule has 1 heterocycles. The van der Waals surface area contributed by atoms with Crippen LogP contribution in [0.5, 0.6) is 0 Å². The molecule has 2 fully saturated rings. The molecule has 0 aromatic rings. The highest BCUT2D eigenvalue weighted by Gasteiger charge is 2.27. The first kappa shape index (κ1) is 6.66. The molecule has 1 saturated heterocycles. The lowest BCUT2D eigenvalue weighted by molar-refractivity contribution is 0.414. The summed E-state index contributed by atoms with van der Waals surface area (Å²) in [5, 5.41) is 3.64. The van der Waals surface area contributed by atoms with E-state index in [-0.39, 0.29) is 0 Å². The van der Waals surface area contributed by atoms with Crippen molar-refractivity contribution in [2.75, 3.05) is 6.54 Å². The second-order valence-corrected chi connectivity index (χ2v) is 3.75. The van der Waals surface area contributed by atoms with E-state index in [2.05, 4.69) is 5.32 Å². The van der Waals surface area contributed by atoms with Gasteiger partial charge < -0.3 is 5.32 Å². The predicted octanol–water partition coefficient (Wildman–Crippen LogP) is 1.93. The van der Waals surface area contributed by atoms with Gasteiger partial charge >= 0.3 is 0 Å². The Kier molecular flexibility index (Phi) is 1.94. The third kappa shape index (κ3) is 1.20. The van der Waals surface area contributed by atoms with Gasteiger partial charge in [0.25, 0.3) is 0 Å². The van der Waals surface area contributed by atoms with E-state index in [0.29, 0.717) is 0 Å². The molecule has 2 rings (SSSR count). The fraction of sp³-hybridized carbons (Fsp3) is 1.00. The smallest absolute Gasteiger partial charge is 0.00953 e. The summed E-state index contributed by atoms with van der Waals surface area (Å²) in [5.74, 6) is 1.04. The van der Waals surface area contributed by atoms with Crippen LogP contribution in [0.4, 0.5) is 0 Å².